The summed E-state index contributed by atoms with van der Waals surface area (Å²) in [7, 11) is 0. The molecule has 0 radical (unpaired) electrons. The Morgan fingerprint density at radius 2 is 2.14 bits per heavy atom. The molecule has 1 aliphatic heterocycles. The second-order valence-corrected chi connectivity index (χ2v) is 5.18. The van der Waals surface area contributed by atoms with Gasteiger partial charge in [0, 0.05) is 11.0 Å². The third kappa shape index (κ3) is 2.93. The van der Waals surface area contributed by atoms with Crippen molar-refractivity contribution >= 4 is 17.6 Å². The Bertz CT molecular complexity index is 738. The molecular formula is C15H12N4OS. The SMILES string of the molecule is N#CN1CSC=C1Oc1cccc(-c2cccc(N)n2)c1. The monoisotopic (exact) mass is 296 g/mol. The zero-order valence-electron chi connectivity index (χ0n) is 11.1. The predicted octanol–water partition coefficient (Wildman–Crippen LogP) is 3.00. The number of pyridine rings is 1. The topological polar surface area (TPSA) is 75.2 Å². The number of aromatic nitrogens is 1. The summed E-state index contributed by atoms with van der Waals surface area (Å²) in [6.07, 6.45) is 2.08. The molecule has 3 rings (SSSR count). The molecular weight excluding hydrogens is 284 g/mol. The first-order valence-corrected chi connectivity index (χ1v) is 7.31. The molecule has 0 saturated heterocycles. The minimum atomic E-state index is 0.476. The van der Waals surface area contributed by atoms with Crippen molar-refractivity contribution < 1.29 is 4.74 Å². The van der Waals surface area contributed by atoms with Crippen LogP contribution < -0.4 is 10.5 Å². The fourth-order valence-corrected chi connectivity index (χ4v) is 2.65. The number of nitrogens with two attached hydrogens (primary N) is 1. The van der Waals surface area contributed by atoms with E-state index in [1.807, 2.05) is 41.8 Å². The van der Waals surface area contributed by atoms with Crippen molar-refractivity contribution in [1.29, 1.82) is 5.26 Å². The number of ether oxygens (including phenoxy) is 1. The molecule has 2 aromatic rings. The van der Waals surface area contributed by atoms with Crippen molar-refractivity contribution in [3.05, 3.63) is 53.8 Å². The Kier molecular flexibility index (Phi) is 3.67. The number of anilines is 1. The van der Waals surface area contributed by atoms with Crippen LogP contribution in [0.5, 0.6) is 5.75 Å². The molecule has 0 fully saturated rings. The number of thioether (sulfide) groups is 1. The molecule has 5 nitrogen and oxygen atoms in total. The summed E-state index contributed by atoms with van der Waals surface area (Å²) < 4.78 is 5.76. The van der Waals surface area contributed by atoms with E-state index in [2.05, 4.69) is 11.2 Å². The Balaban J connectivity index is 1.86. The Hall–Kier alpha value is -2.65. The van der Waals surface area contributed by atoms with E-state index in [0.717, 1.165) is 11.3 Å². The van der Waals surface area contributed by atoms with Gasteiger partial charge in [0.15, 0.2) is 6.19 Å². The molecule has 6 heteroatoms. The smallest absolute Gasteiger partial charge is 0.216 e. The summed E-state index contributed by atoms with van der Waals surface area (Å²) in [6, 6.07) is 13.0. The van der Waals surface area contributed by atoms with Crippen molar-refractivity contribution in [2.24, 2.45) is 0 Å². The summed E-state index contributed by atoms with van der Waals surface area (Å²) >= 11 is 1.52. The first-order valence-electron chi connectivity index (χ1n) is 6.26. The van der Waals surface area contributed by atoms with Crippen LogP contribution >= 0.6 is 11.8 Å². The molecule has 2 N–H and O–H groups in total. The van der Waals surface area contributed by atoms with Crippen molar-refractivity contribution in [2.45, 2.75) is 0 Å². The minimum Gasteiger partial charge on any atom is -0.440 e. The summed E-state index contributed by atoms with van der Waals surface area (Å²) in [5.74, 6) is 2.26. The maximum Gasteiger partial charge on any atom is 0.216 e. The first kappa shape index (κ1) is 13.3. The Labute approximate surface area is 126 Å². The molecule has 1 aromatic carbocycles. The van der Waals surface area contributed by atoms with Gasteiger partial charge in [-0.3, -0.25) is 0 Å². The van der Waals surface area contributed by atoms with Crippen LogP contribution in [0, 0.1) is 11.5 Å². The van der Waals surface area contributed by atoms with E-state index in [1.54, 1.807) is 6.07 Å². The quantitative estimate of drug-likeness (QED) is 0.878. The predicted molar refractivity (Wildman–Crippen MR) is 82.7 cm³/mol. The summed E-state index contributed by atoms with van der Waals surface area (Å²) in [5.41, 5.74) is 7.40. The number of rotatable bonds is 3. The lowest BCUT2D eigenvalue weighted by molar-refractivity contribution is 0.309. The average molecular weight is 296 g/mol. The standard InChI is InChI=1S/C15H12N4OS/c16-9-19-10-21-8-15(19)20-12-4-1-3-11(7-12)13-5-2-6-14(17)18-13/h1-8H,10H2,(H2,17,18). The van der Waals surface area contributed by atoms with Gasteiger partial charge >= 0.3 is 0 Å². The zero-order valence-corrected chi connectivity index (χ0v) is 11.9. The number of nitrogens with zero attached hydrogens (tertiary/aromatic N) is 3. The van der Waals surface area contributed by atoms with Gasteiger partial charge in [0.1, 0.15) is 11.6 Å². The molecule has 0 atom stereocenters. The van der Waals surface area contributed by atoms with Crippen LogP contribution in [0.4, 0.5) is 5.82 Å². The van der Waals surface area contributed by atoms with Gasteiger partial charge in [-0.15, -0.1) is 11.8 Å². The second-order valence-electron chi connectivity index (χ2n) is 4.36. The van der Waals surface area contributed by atoms with Gasteiger partial charge < -0.3 is 10.5 Å². The van der Waals surface area contributed by atoms with Crippen LogP contribution in [0.1, 0.15) is 0 Å². The molecule has 0 spiro atoms. The van der Waals surface area contributed by atoms with E-state index in [0.29, 0.717) is 23.3 Å². The summed E-state index contributed by atoms with van der Waals surface area (Å²) in [4.78, 5) is 5.78. The van der Waals surface area contributed by atoms with Crippen molar-refractivity contribution in [1.82, 2.24) is 9.88 Å². The number of hydrogen-bond donors (Lipinski definition) is 1. The van der Waals surface area contributed by atoms with Gasteiger partial charge in [0.25, 0.3) is 0 Å². The summed E-state index contributed by atoms with van der Waals surface area (Å²) in [5, 5.41) is 10.8. The van der Waals surface area contributed by atoms with Crippen LogP contribution in [0.3, 0.4) is 0 Å². The van der Waals surface area contributed by atoms with Gasteiger partial charge in [0.05, 0.1) is 11.6 Å². The third-order valence-electron chi connectivity index (χ3n) is 2.90. The highest BCUT2D eigenvalue weighted by molar-refractivity contribution is 8.02. The Morgan fingerprint density at radius 1 is 1.29 bits per heavy atom. The fraction of sp³-hybridized carbons (Fsp3) is 0.0667. The molecule has 1 aliphatic rings. The van der Waals surface area contributed by atoms with E-state index in [1.165, 1.54) is 16.7 Å². The van der Waals surface area contributed by atoms with Crippen molar-refractivity contribution in [3.8, 4) is 23.2 Å². The Morgan fingerprint density at radius 3 is 2.95 bits per heavy atom. The number of benzene rings is 1. The third-order valence-corrected chi connectivity index (χ3v) is 3.67. The molecule has 104 valence electrons. The van der Waals surface area contributed by atoms with E-state index >= 15 is 0 Å². The molecule has 1 aromatic heterocycles. The maximum absolute atomic E-state index is 9.00. The van der Waals surface area contributed by atoms with Gasteiger partial charge in [-0.25, -0.2) is 9.88 Å². The molecule has 21 heavy (non-hydrogen) atoms. The lowest BCUT2D eigenvalue weighted by Gasteiger charge is -2.13. The fourth-order valence-electron chi connectivity index (χ4n) is 1.92. The molecule has 0 unspecified atom stereocenters. The van der Waals surface area contributed by atoms with Crippen LogP contribution in [-0.2, 0) is 0 Å². The number of nitriles is 1. The van der Waals surface area contributed by atoms with E-state index in [4.69, 9.17) is 15.7 Å². The van der Waals surface area contributed by atoms with Crippen LogP contribution in [0.15, 0.2) is 53.8 Å². The average Bonchev–Trinajstić information content (AvgIpc) is 2.95. The normalized spacial score (nSPS) is 13.7. The lowest BCUT2D eigenvalue weighted by atomic mass is 10.1. The number of hydrogen-bond acceptors (Lipinski definition) is 6. The van der Waals surface area contributed by atoms with Crippen molar-refractivity contribution in [3.63, 3.8) is 0 Å². The molecule has 0 bridgehead atoms. The van der Waals surface area contributed by atoms with Crippen LogP contribution in [0.2, 0.25) is 0 Å². The summed E-state index contributed by atoms with van der Waals surface area (Å²) in [6.45, 7) is 0. The van der Waals surface area contributed by atoms with E-state index in [9.17, 15) is 0 Å². The van der Waals surface area contributed by atoms with Crippen LogP contribution in [-0.4, -0.2) is 15.8 Å². The molecule has 0 amide bonds. The maximum atomic E-state index is 9.00. The van der Waals surface area contributed by atoms with Gasteiger partial charge in [-0.05, 0) is 24.3 Å². The van der Waals surface area contributed by atoms with Gasteiger partial charge in [0.2, 0.25) is 5.88 Å². The minimum absolute atomic E-state index is 0.476. The van der Waals surface area contributed by atoms with Crippen LogP contribution in [0.25, 0.3) is 11.3 Å². The highest BCUT2D eigenvalue weighted by Gasteiger charge is 2.17. The first-order chi connectivity index (χ1) is 10.3. The molecule has 2 heterocycles. The van der Waals surface area contributed by atoms with Gasteiger partial charge in [-0.1, -0.05) is 18.2 Å². The number of nitrogen functional groups attached to an aromatic ring is 1. The van der Waals surface area contributed by atoms with E-state index < -0.39 is 0 Å². The lowest BCUT2D eigenvalue weighted by Crippen LogP contribution is -2.15. The molecule has 0 aliphatic carbocycles. The highest BCUT2D eigenvalue weighted by Crippen LogP contribution is 2.28. The van der Waals surface area contributed by atoms with Gasteiger partial charge in [-0.2, -0.15) is 5.26 Å². The van der Waals surface area contributed by atoms with Crippen molar-refractivity contribution in [2.75, 3.05) is 11.6 Å². The zero-order chi connectivity index (χ0) is 14.7. The highest BCUT2D eigenvalue weighted by atomic mass is 32.2. The second kappa shape index (κ2) is 5.77. The largest absolute Gasteiger partial charge is 0.440 e. The van der Waals surface area contributed by atoms with E-state index in [-0.39, 0.29) is 0 Å². The molecule has 0 saturated carbocycles.